The topological polar surface area (TPSA) is 47.3 Å². The molecule has 0 amide bonds. The Morgan fingerprint density at radius 2 is 2.06 bits per heavy atom. The fourth-order valence-electron chi connectivity index (χ4n) is 2.14. The molecule has 0 fully saturated rings. The minimum absolute atomic E-state index is 0.0602. The lowest BCUT2D eigenvalue weighted by Gasteiger charge is -2.16. The molecule has 1 N–H and O–H groups in total. The molecule has 1 atom stereocenters. The van der Waals surface area contributed by atoms with Crippen molar-refractivity contribution in [1.29, 1.82) is 0 Å². The fourth-order valence-corrected chi connectivity index (χ4v) is 2.14. The molecule has 0 bridgehead atoms. The number of hydrogen-bond donors (Lipinski definition) is 1. The van der Waals surface area contributed by atoms with Crippen molar-refractivity contribution in [2.75, 3.05) is 14.2 Å². The third-order valence-corrected chi connectivity index (χ3v) is 2.98. The molecule has 0 aliphatic carbocycles. The summed E-state index contributed by atoms with van der Waals surface area (Å²) in [6, 6.07) is 4.09. The maximum atomic E-state index is 5.58. The van der Waals surface area contributed by atoms with Crippen LogP contribution in [0.4, 0.5) is 0 Å². The lowest BCUT2D eigenvalue weighted by Crippen LogP contribution is -2.18. The largest absolute Gasteiger partial charge is 0.495 e. The van der Waals surface area contributed by atoms with Crippen LogP contribution in [0.1, 0.15) is 28.7 Å². The highest BCUT2D eigenvalue weighted by Gasteiger charge is 2.18. The van der Waals surface area contributed by atoms with Gasteiger partial charge in [-0.05, 0) is 38.6 Å². The first kappa shape index (κ1) is 12.6. The zero-order valence-corrected chi connectivity index (χ0v) is 11.2. The molecule has 18 heavy (non-hydrogen) atoms. The van der Waals surface area contributed by atoms with E-state index in [0.717, 1.165) is 28.4 Å². The molecule has 0 saturated carbocycles. The first-order valence-electron chi connectivity index (χ1n) is 5.89. The minimum Gasteiger partial charge on any atom is -0.495 e. The molecule has 0 aliphatic rings. The normalized spacial score (nSPS) is 12.4. The summed E-state index contributed by atoms with van der Waals surface area (Å²) in [5.41, 5.74) is 2.19. The molecule has 2 aromatic rings. The Morgan fingerprint density at radius 3 is 2.61 bits per heavy atom. The van der Waals surface area contributed by atoms with Crippen LogP contribution in [0.3, 0.4) is 0 Å². The number of aryl methyl sites for hydroxylation is 2. The van der Waals surface area contributed by atoms with Crippen LogP contribution in [0, 0.1) is 13.8 Å². The van der Waals surface area contributed by atoms with E-state index in [2.05, 4.69) is 16.4 Å². The van der Waals surface area contributed by atoms with Gasteiger partial charge in [0.2, 0.25) is 0 Å². The third kappa shape index (κ3) is 2.38. The van der Waals surface area contributed by atoms with Crippen molar-refractivity contribution in [1.82, 2.24) is 10.3 Å². The summed E-state index contributed by atoms with van der Waals surface area (Å²) in [6.07, 6.45) is 3.54. The van der Waals surface area contributed by atoms with E-state index in [4.69, 9.17) is 9.15 Å². The Bertz CT molecular complexity index is 534. The number of hydrogen-bond acceptors (Lipinski definition) is 4. The van der Waals surface area contributed by atoms with Crippen LogP contribution >= 0.6 is 0 Å². The van der Waals surface area contributed by atoms with Crippen LogP contribution in [0.2, 0.25) is 0 Å². The van der Waals surface area contributed by atoms with Crippen molar-refractivity contribution >= 4 is 0 Å². The lowest BCUT2D eigenvalue weighted by molar-refractivity contribution is 0.411. The van der Waals surface area contributed by atoms with E-state index < -0.39 is 0 Å². The fraction of sp³-hybridized carbons (Fsp3) is 0.357. The number of nitrogens with zero attached hydrogens (tertiary/aromatic N) is 1. The van der Waals surface area contributed by atoms with Gasteiger partial charge in [-0.1, -0.05) is 0 Å². The molecule has 0 aliphatic heterocycles. The van der Waals surface area contributed by atoms with Gasteiger partial charge in [0.1, 0.15) is 17.3 Å². The van der Waals surface area contributed by atoms with E-state index in [-0.39, 0.29) is 6.04 Å². The highest BCUT2D eigenvalue weighted by Crippen LogP contribution is 2.28. The van der Waals surface area contributed by atoms with Crippen LogP contribution in [0.25, 0.3) is 0 Å². The Morgan fingerprint density at radius 1 is 1.28 bits per heavy atom. The first-order valence-corrected chi connectivity index (χ1v) is 5.89. The van der Waals surface area contributed by atoms with Crippen molar-refractivity contribution in [3.63, 3.8) is 0 Å². The van der Waals surface area contributed by atoms with Gasteiger partial charge in [0.05, 0.1) is 19.3 Å². The number of ether oxygens (including phenoxy) is 1. The molecule has 2 heterocycles. The van der Waals surface area contributed by atoms with E-state index in [1.54, 1.807) is 13.3 Å². The van der Waals surface area contributed by atoms with Crippen LogP contribution in [0.15, 0.2) is 28.9 Å². The van der Waals surface area contributed by atoms with E-state index >= 15 is 0 Å². The number of methoxy groups -OCH3 is 1. The minimum atomic E-state index is 0.0602. The van der Waals surface area contributed by atoms with Gasteiger partial charge >= 0.3 is 0 Å². The monoisotopic (exact) mass is 246 g/mol. The van der Waals surface area contributed by atoms with Gasteiger partial charge in [0.15, 0.2) is 0 Å². The van der Waals surface area contributed by atoms with Crippen LogP contribution in [0.5, 0.6) is 5.75 Å². The van der Waals surface area contributed by atoms with Gasteiger partial charge in [-0.3, -0.25) is 4.98 Å². The third-order valence-electron chi connectivity index (χ3n) is 2.98. The van der Waals surface area contributed by atoms with Crippen molar-refractivity contribution in [2.45, 2.75) is 19.9 Å². The smallest absolute Gasteiger partial charge is 0.137 e. The summed E-state index contributed by atoms with van der Waals surface area (Å²) in [4.78, 5) is 4.19. The second-order valence-corrected chi connectivity index (χ2v) is 4.25. The van der Waals surface area contributed by atoms with Gasteiger partial charge in [0.25, 0.3) is 0 Å². The molecule has 96 valence electrons. The molecule has 4 nitrogen and oxygen atoms in total. The van der Waals surface area contributed by atoms with Crippen LogP contribution in [-0.2, 0) is 0 Å². The molecule has 1 unspecified atom stereocenters. The highest BCUT2D eigenvalue weighted by molar-refractivity contribution is 5.36. The second-order valence-electron chi connectivity index (χ2n) is 4.25. The van der Waals surface area contributed by atoms with E-state index in [0.29, 0.717) is 0 Å². The summed E-state index contributed by atoms with van der Waals surface area (Å²) in [7, 11) is 3.56. The molecule has 0 radical (unpaired) electrons. The lowest BCUT2D eigenvalue weighted by atomic mass is 10.0. The van der Waals surface area contributed by atoms with Crippen molar-refractivity contribution in [3.8, 4) is 5.75 Å². The zero-order chi connectivity index (χ0) is 13.1. The Kier molecular flexibility index (Phi) is 3.67. The van der Waals surface area contributed by atoms with Crippen LogP contribution in [-0.4, -0.2) is 19.1 Å². The highest BCUT2D eigenvalue weighted by atomic mass is 16.5. The molecule has 0 aromatic carbocycles. The van der Waals surface area contributed by atoms with Crippen molar-refractivity contribution in [2.24, 2.45) is 0 Å². The van der Waals surface area contributed by atoms with Gasteiger partial charge in [-0.15, -0.1) is 0 Å². The summed E-state index contributed by atoms with van der Waals surface area (Å²) < 4.78 is 10.8. The number of furan rings is 1. The average Bonchev–Trinajstić information content (AvgIpc) is 2.70. The Balaban J connectivity index is 2.41. The first-order chi connectivity index (χ1) is 8.65. The molecule has 2 rings (SSSR count). The predicted molar refractivity (Wildman–Crippen MR) is 69.9 cm³/mol. The maximum absolute atomic E-state index is 5.58. The maximum Gasteiger partial charge on any atom is 0.137 e. The second kappa shape index (κ2) is 5.23. The van der Waals surface area contributed by atoms with Gasteiger partial charge < -0.3 is 14.5 Å². The summed E-state index contributed by atoms with van der Waals surface area (Å²) in [5, 5.41) is 3.28. The molecular formula is C14H18N2O2. The summed E-state index contributed by atoms with van der Waals surface area (Å²) in [6.45, 7) is 3.92. The van der Waals surface area contributed by atoms with Crippen LogP contribution < -0.4 is 10.1 Å². The molecule has 2 aromatic heterocycles. The number of rotatable bonds is 4. The van der Waals surface area contributed by atoms with Gasteiger partial charge in [-0.2, -0.15) is 0 Å². The zero-order valence-electron chi connectivity index (χ0n) is 11.2. The number of pyridine rings is 1. The molecule has 0 saturated heterocycles. The number of nitrogens with one attached hydrogen (secondary N) is 1. The SMILES string of the molecule is CNC(c1cncc(OC)c1)c1cc(C)oc1C. The predicted octanol–water partition coefficient (Wildman–Crippen LogP) is 2.61. The standard InChI is InChI=1S/C14H18N2O2/c1-9-5-13(10(2)18-9)14(15-3)11-6-12(17-4)8-16-7-11/h5-8,14-15H,1-4H3. The van der Waals surface area contributed by atoms with Gasteiger partial charge in [0, 0.05) is 11.8 Å². The quantitative estimate of drug-likeness (QED) is 0.900. The Hall–Kier alpha value is -1.81. The molecule has 0 spiro atoms. The van der Waals surface area contributed by atoms with Crippen molar-refractivity contribution < 1.29 is 9.15 Å². The Labute approximate surface area is 107 Å². The molecular weight excluding hydrogens is 228 g/mol. The van der Waals surface area contributed by atoms with Gasteiger partial charge in [-0.25, -0.2) is 0 Å². The number of aromatic nitrogens is 1. The van der Waals surface area contributed by atoms with E-state index in [1.165, 1.54) is 0 Å². The van der Waals surface area contributed by atoms with E-state index in [9.17, 15) is 0 Å². The molecule has 4 heteroatoms. The summed E-state index contributed by atoms with van der Waals surface area (Å²) >= 11 is 0. The van der Waals surface area contributed by atoms with Crippen molar-refractivity contribution in [3.05, 3.63) is 47.2 Å². The summed E-state index contributed by atoms with van der Waals surface area (Å²) in [5.74, 6) is 2.60. The van der Waals surface area contributed by atoms with E-state index in [1.807, 2.05) is 33.2 Å². The average molecular weight is 246 g/mol.